The fourth-order valence-corrected chi connectivity index (χ4v) is 3.30. The first-order chi connectivity index (χ1) is 9.04. The zero-order valence-corrected chi connectivity index (χ0v) is 12.0. The van der Waals surface area contributed by atoms with Crippen molar-refractivity contribution in [1.82, 2.24) is 10.2 Å². The first-order valence-electron chi connectivity index (χ1n) is 5.58. The van der Waals surface area contributed by atoms with Crippen molar-refractivity contribution in [1.29, 1.82) is 0 Å². The molecule has 19 heavy (non-hydrogen) atoms. The Morgan fingerprint density at radius 3 is 2.89 bits per heavy atom. The zero-order valence-electron chi connectivity index (χ0n) is 10.4. The second-order valence-electron chi connectivity index (χ2n) is 3.85. The van der Waals surface area contributed by atoms with E-state index in [9.17, 15) is 9.18 Å². The molecule has 1 heterocycles. The van der Waals surface area contributed by atoms with E-state index in [1.54, 1.807) is 19.1 Å². The Hall–Kier alpha value is -1.47. The molecular formula is C12H12FN3OS2. The molecule has 4 nitrogen and oxygen atoms in total. The van der Waals surface area contributed by atoms with Gasteiger partial charge in [0.1, 0.15) is 10.8 Å². The number of aromatic nitrogens is 2. The molecule has 0 fully saturated rings. The number of nitrogens with one attached hydrogen (secondary N) is 1. The lowest BCUT2D eigenvalue weighted by Gasteiger charge is -2.10. The number of carbonyl (C=O) groups excluding carboxylic acids is 1. The van der Waals surface area contributed by atoms with Gasteiger partial charge in [-0.1, -0.05) is 29.2 Å². The summed E-state index contributed by atoms with van der Waals surface area (Å²) in [6, 6.07) is 5.81. The number of benzene rings is 1. The number of halogens is 1. The van der Waals surface area contributed by atoms with E-state index in [0.29, 0.717) is 5.69 Å². The van der Waals surface area contributed by atoms with Crippen molar-refractivity contribution in [3.8, 4) is 0 Å². The van der Waals surface area contributed by atoms with Gasteiger partial charge in [-0.15, -0.1) is 10.2 Å². The molecule has 0 aliphatic rings. The normalized spacial score (nSPS) is 12.2. The molecule has 0 aliphatic carbocycles. The quantitative estimate of drug-likeness (QED) is 0.881. The number of thioether (sulfide) groups is 1. The molecule has 0 spiro atoms. The average molecular weight is 297 g/mol. The lowest BCUT2D eigenvalue weighted by Crippen LogP contribution is -2.22. The number of hydrogen-bond donors (Lipinski definition) is 1. The number of nitrogens with zero attached hydrogens (tertiary/aromatic N) is 2. The predicted octanol–water partition coefficient (Wildman–Crippen LogP) is 3.10. The molecule has 1 N–H and O–H groups in total. The van der Waals surface area contributed by atoms with Gasteiger partial charge in [-0.05, 0) is 32.0 Å². The molecule has 1 amide bonds. The Kier molecular flexibility index (Phi) is 4.49. The molecule has 1 atom stereocenters. The van der Waals surface area contributed by atoms with Gasteiger partial charge >= 0.3 is 0 Å². The molecule has 0 radical (unpaired) electrons. The maximum Gasteiger partial charge on any atom is 0.237 e. The largest absolute Gasteiger partial charge is 0.325 e. The molecule has 1 unspecified atom stereocenters. The minimum absolute atomic E-state index is 0.191. The Labute approximate surface area is 118 Å². The number of hydrogen-bond acceptors (Lipinski definition) is 5. The van der Waals surface area contributed by atoms with E-state index >= 15 is 0 Å². The summed E-state index contributed by atoms with van der Waals surface area (Å²) in [5.41, 5.74) is 0.450. The fraction of sp³-hybridized carbons (Fsp3) is 0.250. The fourth-order valence-electron chi connectivity index (χ4n) is 1.34. The van der Waals surface area contributed by atoms with Crippen LogP contribution >= 0.6 is 23.1 Å². The summed E-state index contributed by atoms with van der Waals surface area (Å²) in [6.07, 6.45) is 0. The van der Waals surface area contributed by atoms with E-state index in [2.05, 4.69) is 15.5 Å². The standard InChI is InChI=1S/C12H12FN3OS2/c1-7(18-12-16-15-8(2)19-12)11(17)14-10-5-3-4-9(13)6-10/h3-7H,1-2H3,(H,14,17). The Bertz CT molecular complexity index is 588. The van der Waals surface area contributed by atoms with Gasteiger partial charge in [-0.25, -0.2) is 4.39 Å². The van der Waals surface area contributed by atoms with Crippen molar-refractivity contribution >= 4 is 34.7 Å². The van der Waals surface area contributed by atoms with Crippen LogP contribution in [-0.4, -0.2) is 21.4 Å². The second-order valence-corrected chi connectivity index (χ2v) is 6.62. The van der Waals surface area contributed by atoms with Crippen LogP contribution in [0.15, 0.2) is 28.6 Å². The van der Waals surface area contributed by atoms with E-state index in [-0.39, 0.29) is 17.0 Å². The summed E-state index contributed by atoms with van der Waals surface area (Å²) in [5, 5.41) is 11.0. The summed E-state index contributed by atoms with van der Waals surface area (Å²) in [5.74, 6) is -0.568. The average Bonchev–Trinajstić information content (AvgIpc) is 2.74. The summed E-state index contributed by atoms with van der Waals surface area (Å²) in [6.45, 7) is 3.63. The number of aryl methyl sites for hydroxylation is 1. The summed E-state index contributed by atoms with van der Waals surface area (Å²) in [4.78, 5) is 11.9. The van der Waals surface area contributed by atoms with E-state index in [1.165, 1.54) is 35.2 Å². The molecule has 2 aromatic rings. The SMILES string of the molecule is Cc1nnc(SC(C)C(=O)Nc2cccc(F)c2)s1. The van der Waals surface area contributed by atoms with Crippen molar-refractivity contribution in [3.63, 3.8) is 0 Å². The molecule has 1 aromatic heterocycles. The Morgan fingerprint density at radius 2 is 2.26 bits per heavy atom. The van der Waals surface area contributed by atoms with Crippen LogP contribution in [-0.2, 0) is 4.79 Å². The predicted molar refractivity (Wildman–Crippen MR) is 75.0 cm³/mol. The highest BCUT2D eigenvalue weighted by Crippen LogP contribution is 2.26. The maximum atomic E-state index is 13.0. The third-order valence-corrected chi connectivity index (χ3v) is 4.27. The molecule has 0 aliphatic heterocycles. The monoisotopic (exact) mass is 297 g/mol. The van der Waals surface area contributed by atoms with Gasteiger partial charge in [0, 0.05) is 5.69 Å². The number of rotatable bonds is 4. The van der Waals surface area contributed by atoms with Crippen molar-refractivity contribution in [2.24, 2.45) is 0 Å². The highest BCUT2D eigenvalue weighted by Gasteiger charge is 2.16. The Balaban J connectivity index is 1.96. The van der Waals surface area contributed by atoms with Crippen LogP contribution in [0.1, 0.15) is 11.9 Å². The van der Waals surface area contributed by atoms with Gasteiger partial charge < -0.3 is 5.32 Å². The van der Waals surface area contributed by atoms with E-state index in [1.807, 2.05) is 6.92 Å². The molecule has 100 valence electrons. The smallest absolute Gasteiger partial charge is 0.237 e. The lowest BCUT2D eigenvalue weighted by atomic mass is 10.3. The zero-order chi connectivity index (χ0) is 13.8. The van der Waals surface area contributed by atoms with E-state index in [0.717, 1.165) is 9.35 Å². The molecule has 1 aromatic carbocycles. The summed E-state index contributed by atoms with van der Waals surface area (Å²) >= 11 is 2.78. The third kappa shape index (κ3) is 4.00. The van der Waals surface area contributed by atoms with Gasteiger partial charge in [-0.2, -0.15) is 0 Å². The first kappa shape index (κ1) is 14.0. The summed E-state index contributed by atoms with van der Waals surface area (Å²) < 4.78 is 13.7. The van der Waals surface area contributed by atoms with Crippen LogP contribution in [0.3, 0.4) is 0 Å². The minimum Gasteiger partial charge on any atom is -0.325 e. The molecule has 2 rings (SSSR count). The highest BCUT2D eigenvalue weighted by molar-refractivity contribution is 8.02. The highest BCUT2D eigenvalue weighted by atomic mass is 32.2. The van der Waals surface area contributed by atoms with Gasteiger partial charge in [0.2, 0.25) is 5.91 Å². The molecular weight excluding hydrogens is 285 g/mol. The maximum absolute atomic E-state index is 13.0. The topological polar surface area (TPSA) is 54.9 Å². The molecule has 7 heteroatoms. The van der Waals surface area contributed by atoms with Crippen molar-refractivity contribution in [3.05, 3.63) is 35.1 Å². The minimum atomic E-state index is -0.377. The Morgan fingerprint density at radius 1 is 1.47 bits per heavy atom. The van der Waals surface area contributed by atoms with Gasteiger partial charge in [0.15, 0.2) is 4.34 Å². The van der Waals surface area contributed by atoms with Crippen molar-refractivity contribution in [2.75, 3.05) is 5.32 Å². The molecule has 0 bridgehead atoms. The van der Waals surface area contributed by atoms with Gasteiger partial charge in [-0.3, -0.25) is 4.79 Å². The second kappa shape index (κ2) is 6.12. The number of carbonyl (C=O) groups is 1. The van der Waals surface area contributed by atoms with Crippen molar-refractivity contribution in [2.45, 2.75) is 23.4 Å². The van der Waals surface area contributed by atoms with Crippen LogP contribution in [0.2, 0.25) is 0 Å². The van der Waals surface area contributed by atoms with Crippen molar-refractivity contribution < 1.29 is 9.18 Å². The lowest BCUT2D eigenvalue weighted by molar-refractivity contribution is -0.115. The van der Waals surface area contributed by atoms with Gasteiger partial charge in [0.25, 0.3) is 0 Å². The van der Waals surface area contributed by atoms with E-state index in [4.69, 9.17) is 0 Å². The molecule has 0 saturated heterocycles. The van der Waals surface area contributed by atoms with Crippen LogP contribution < -0.4 is 5.32 Å². The van der Waals surface area contributed by atoms with Gasteiger partial charge in [0.05, 0.1) is 5.25 Å². The van der Waals surface area contributed by atoms with Crippen LogP contribution in [0.4, 0.5) is 10.1 Å². The summed E-state index contributed by atoms with van der Waals surface area (Å²) in [7, 11) is 0. The molecule has 0 saturated carbocycles. The first-order valence-corrected chi connectivity index (χ1v) is 7.27. The van der Waals surface area contributed by atoms with E-state index < -0.39 is 0 Å². The van der Waals surface area contributed by atoms with Crippen LogP contribution in [0, 0.1) is 12.7 Å². The number of anilines is 1. The van der Waals surface area contributed by atoms with Crippen LogP contribution in [0.5, 0.6) is 0 Å². The third-order valence-electron chi connectivity index (χ3n) is 2.25. The number of amides is 1. The van der Waals surface area contributed by atoms with Crippen LogP contribution in [0.25, 0.3) is 0 Å².